The summed E-state index contributed by atoms with van der Waals surface area (Å²) in [4.78, 5) is 19.1. The van der Waals surface area contributed by atoms with Crippen LogP contribution in [0.4, 0.5) is 0 Å². The second-order valence-electron chi connectivity index (χ2n) is 6.88. The molecule has 26 heavy (non-hydrogen) atoms. The number of esters is 1. The first-order valence-electron chi connectivity index (χ1n) is 9.00. The SMILES string of the molecule is [B]C1=CCN(Cc2nc3ccc(C(=O)OC)cc3n2CC2CCO2)CC1. The van der Waals surface area contributed by atoms with Gasteiger partial charge >= 0.3 is 5.97 Å². The van der Waals surface area contributed by atoms with Crippen molar-refractivity contribution in [2.75, 3.05) is 26.8 Å². The van der Waals surface area contributed by atoms with E-state index in [1.54, 1.807) is 6.07 Å². The van der Waals surface area contributed by atoms with Gasteiger partial charge in [0.25, 0.3) is 0 Å². The molecule has 3 heterocycles. The van der Waals surface area contributed by atoms with Crippen molar-refractivity contribution in [3.63, 3.8) is 0 Å². The van der Waals surface area contributed by atoms with Crippen LogP contribution in [-0.2, 0) is 22.6 Å². The number of ether oxygens (including phenoxy) is 2. The Bertz CT molecular complexity index is 857. The fourth-order valence-corrected chi connectivity index (χ4v) is 3.44. The molecule has 6 nitrogen and oxygen atoms in total. The maximum absolute atomic E-state index is 11.9. The van der Waals surface area contributed by atoms with Gasteiger partial charge in [0.2, 0.25) is 0 Å². The Morgan fingerprint density at radius 1 is 1.46 bits per heavy atom. The van der Waals surface area contributed by atoms with E-state index in [0.29, 0.717) is 5.56 Å². The maximum Gasteiger partial charge on any atom is 0.337 e. The van der Waals surface area contributed by atoms with E-state index in [1.807, 2.05) is 12.1 Å². The van der Waals surface area contributed by atoms with Gasteiger partial charge in [-0.1, -0.05) is 6.08 Å². The van der Waals surface area contributed by atoms with Crippen LogP contribution in [0, 0.1) is 0 Å². The number of nitrogens with zero attached hydrogens (tertiary/aromatic N) is 3. The summed E-state index contributed by atoms with van der Waals surface area (Å²) in [6.07, 6.45) is 4.22. The van der Waals surface area contributed by atoms with Crippen LogP contribution in [0.25, 0.3) is 11.0 Å². The molecule has 0 aliphatic carbocycles. The maximum atomic E-state index is 11.9. The first-order valence-corrected chi connectivity index (χ1v) is 9.00. The van der Waals surface area contributed by atoms with Gasteiger partial charge in [-0.25, -0.2) is 9.78 Å². The van der Waals surface area contributed by atoms with Gasteiger partial charge in [0.05, 0.1) is 42.9 Å². The first-order chi connectivity index (χ1) is 12.6. The molecule has 2 radical (unpaired) electrons. The number of hydrogen-bond acceptors (Lipinski definition) is 5. The fourth-order valence-electron chi connectivity index (χ4n) is 3.44. The summed E-state index contributed by atoms with van der Waals surface area (Å²) in [6.45, 7) is 4.08. The van der Waals surface area contributed by atoms with Crippen LogP contribution in [0.15, 0.2) is 29.7 Å². The summed E-state index contributed by atoms with van der Waals surface area (Å²) in [6, 6.07) is 5.52. The lowest BCUT2D eigenvalue weighted by molar-refractivity contribution is -0.0591. The van der Waals surface area contributed by atoms with Crippen molar-refractivity contribution in [2.24, 2.45) is 0 Å². The van der Waals surface area contributed by atoms with E-state index in [1.165, 1.54) is 7.11 Å². The van der Waals surface area contributed by atoms with Gasteiger partial charge in [0.15, 0.2) is 0 Å². The number of rotatable bonds is 5. The lowest BCUT2D eigenvalue weighted by Gasteiger charge is -2.29. The standard InChI is InChI=1S/C19H22BN3O3/c1-25-19(24)13-2-3-16-17(10-13)23(11-15-6-9-26-15)18(21-16)12-22-7-4-14(20)5-8-22/h2-4,10,15H,5-9,11-12H2,1H3. The predicted octanol–water partition coefficient (Wildman–Crippen LogP) is 1.87. The fraction of sp³-hybridized carbons (Fsp3) is 0.474. The highest BCUT2D eigenvalue weighted by Crippen LogP contribution is 2.24. The summed E-state index contributed by atoms with van der Waals surface area (Å²) in [7, 11) is 7.28. The molecule has 1 atom stereocenters. The van der Waals surface area contributed by atoms with Crippen LogP contribution in [0.2, 0.25) is 0 Å². The molecule has 134 valence electrons. The topological polar surface area (TPSA) is 56.6 Å². The van der Waals surface area contributed by atoms with Crippen molar-refractivity contribution < 1.29 is 14.3 Å². The summed E-state index contributed by atoms with van der Waals surface area (Å²) >= 11 is 0. The van der Waals surface area contributed by atoms with Crippen molar-refractivity contribution in [3.05, 3.63) is 41.1 Å². The minimum atomic E-state index is -0.335. The lowest BCUT2D eigenvalue weighted by Crippen LogP contribution is -2.33. The van der Waals surface area contributed by atoms with E-state index in [2.05, 4.69) is 15.5 Å². The van der Waals surface area contributed by atoms with E-state index in [9.17, 15) is 4.79 Å². The zero-order chi connectivity index (χ0) is 18.1. The Hall–Kier alpha value is -2.12. The quantitative estimate of drug-likeness (QED) is 0.608. The van der Waals surface area contributed by atoms with Crippen LogP contribution in [0.1, 0.15) is 29.0 Å². The van der Waals surface area contributed by atoms with Crippen LogP contribution in [0.3, 0.4) is 0 Å². The summed E-state index contributed by atoms with van der Waals surface area (Å²) in [5.41, 5.74) is 3.33. The average Bonchev–Trinajstić information content (AvgIpc) is 2.95. The molecule has 0 saturated carbocycles. The first kappa shape index (κ1) is 17.3. The zero-order valence-electron chi connectivity index (χ0n) is 15.0. The highest BCUT2D eigenvalue weighted by molar-refractivity contribution is 6.21. The largest absolute Gasteiger partial charge is 0.465 e. The molecule has 7 heteroatoms. The molecule has 1 fully saturated rings. The summed E-state index contributed by atoms with van der Waals surface area (Å²) in [5, 5.41) is 0. The van der Waals surface area contributed by atoms with Crippen LogP contribution >= 0.6 is 0 Å². The van der Waals surface area contributed by atoms with Gasteiger partial charge in [0, 0.05) is 19.7 Å². The van der Waals surface area contributed by atoms with E-state index >= 15 is 0 Å². The molecule has 1 aromatic carbocycles. The van der Waals surface area contributed by atoms with Gasteiger partial charge in [-0.2, -0.15) is 0 Å². The Balaban J connectivity index is 1.68. The Kier molecular flexibility index (Phi) is 4.83. The van der Waals surface area contributed by atoms with E-state index in [0.717, 1.165) is 68.0 Å². The summed E-state index contributed by atoms with van der Waals surface area (Å²) in [5.74, 6) is 0.657. The molecule has 1 unspecified atom stereocenters. The molecule has 2 aliphatic rings. The minimum absolute atomic E-state index is 0.213. The van der Waals surface area contributed by atoms with Gasteiger partial charge in [-0.3, -0.25) is 4.90 Å². The van der Waals surface area contributed by atoms with E-state index in [4.69, 9.17) is 22.3 Å². The van der Waals surface area contributed by atoms with Crippen molar-refractivity contribution in [2.45, 2.75) is 32.0 Å². The van der Waals surface area contributed by atoms with E-state index in [-0.39, 0.29) is 12.1 Å². The molecule has 1 aromatic heterocycles. The number of carbonyl (C=O) groups excluding carboxylic acids is 1. The smallest absolute Gasteiger partial charge is 0.337 e. The van der Waals surface area contributed by atoms with Gasteiger partial charge in [0.1, 0.15) is 13.7 Å². The van der Waals surface area contributed by atoms with Crippen molar-refractivity contribution >= 4 is 24.8 Å². The average molecular weight is 351 g/mol. The molecule has 2 aliphatic heterocycles. The Labute approximate surface area is 154 Å². The third-order valence-electron chi connectivity index (χ3n) is 5.12. The molecule has 0 amide bonds. The number of fused-ring (bicyclic) bond motifs is 1. The summed E-state index contributed by atoms with van der Waals surface area (Å²) < 4.78 is 12.7. The van der Waals surface area contributed by atoms with Crippen LogP contribution in [0.5, 0.6) is 0 Å². The normalized spacial score (nSPS) is 20.7. The second kappa shape index (κ2) is 7.25. The minimum Gasteiger partial charge on any atom is -0.465 e. The molecule has 0 N–H and O–H groups in total. The molecule has 0 spiro atoms. The molecular formula is C19H22BN3O3. The number of methoxy groups -OCH3 is 1. The Morgan fingerprint density at radius 3 is 2.96 bits per heavy atom. The zero-order valence-corrected chi connectivity index (χ0v) is 15.0. The van der Waals surface area contributed by atoms with Gasteiger partial charge in [-0.05, 0) is 31.0 Å². The lowest BCUT2D eigenvalue weighted by atomic mass is 9.90. The highest BCUT2D eigenvalue weighted by Gasteiger charge is 2.23. The number of hydrogen-bond donors (Lipinski definition) is 0. The third-order valence-corrected chi connectivity index (χ3v) is 5.12. The van der Waals surface area contributed by atoms with Gasteiger partial charge < -0.3 is 14.0 Å². The van der Waals surface area contributed by atoms with Crippen LogP contribution in [-0.4, -0.2) is 61.2 Å². The van der Waals surface area contributed by atoms with Crippen molar-refractivity contribution in [3.8, 4) is 0 Å². The molecule has 1 saturated heterocycles. The monoisotopic (exact) mass is 351 g/mol. The Morgan fingerprint density at radius 2 is 2.31 bits per heavy atom. The van der Waals surface area contributed by atoms with Crippen molar-refractivity contribution in [1.82, 2.24) is 14.5 Å². The second-order valence-corrected chi connectivity index (χ2v) is 6.88. The number of aromatic nitrogens is 2. The molecule has 0 bridgehead atoms. The molecular weight excluding hydrogens is 329 g/mol. The predicted molar refractivity (Wildman–Crippen MR) is 99.2 cm³/mol. The van der Waals surface area contributed by atoms with E-state index < -0.39 is 0 Å². The number of carbonyl (C=O) groups is 1. The molecule has 4 rings (SSSR count). The van der Waals surface area contributed by atoms with Crippen LogP contribution < -0.4 is 0 Å². The highest BCUT2D eigenvalue weighted by atomic mass is 16.5. The number of benzene rings is 1. The number of imidazole rings is 1. The third kappa shape index (κ3) is 3.41. The van der Waals surface area contributed by atoms with Gasteiger partial charge in [-0.15, -0.1) is 5.47 Å². The van der Waals surface area contributed by atoms with Crippen molar-refractivity contribution in [1.29, 1.82) is 0 Å². The molecule has 2 aromatic rings.